The first-order chi connectivity index (χ1) is 12.0. The van der Waals surface area contributed by atoms with Gasteiger partial charge in [0, 0.05) is 11.8 Å². The normalized spacial score (nSPS) is 26.0. The van der Waals surface area contributed by atoms with Gasteiger partial charge in [-0.15, -0.1) is 13.2 Å². The van der Waals surface area contributed by atoms with Crippen molar-refractivity contribution in [2.45, 2.75) is 37.4 Å². The van der Waals surface area contributed by atoms with Crippen molar-refractivity contribution in [1.82, 2.24) is 9.55 Å². The smallest absolute Gasteiger partial charge is 0.310 e. The molecule has 2 rings (SSSR count). The van der Waals surface area contributed by atoms with Crippen LogP contribution in [0.25, 0.3) is 0 Å². The van der Waals surface area contributed by atoms with Gasteiger partial charge in [-0.25, -0.2) is 0 Å². The van der Waals surface area contributed by atoms with Crippen LogP contribution in [0.15, 0.2) is 11.0 Å². The molecule has 146 valence electrons. The third kappa shape index (κ3) is 4.92. The van der Waals surface area contributed by atoms with Gasteiger partial charge in [-0.2, -0.15) is 0 Å². The molecule has 1 saturated heterocycles. The Labute approximate surface area is 156 Å². The Hall–Kier alpha value is -1.25. The molecule has 1 aromatic heterocycles. The van der Waals surface area contributed by atoms with Gasteiger partial charge in [0.1, 0.15) is 12.2 Å². The van der Waals surface area contributed by atoms with Crippen molar-refractivity contribution < 1.29 is 24.5 Å². The highest BCUT2D eigenvalue weighted by Gasteiger charge is 2.43. The summed E-state index contributed by atoms with van der Waals surface area (Å²) in [5.41, 5.74) is -0.381. The van der Waals surface area contributed by atoms with E-state index in [-0.39, 0.29) is 16.8 Å². The molecule has 10 heteroatoms. The fourth-order valence-electron chi connectivity index (χ4n) is 2.74. The average molecular weight is 404 g/mol. The molecule has 26 heavy (non-hydrogen) atoms. The summed E-state index contributed by atoms with van der Waals surface area (Å²) >= 11 is 5.15. The van der Waals surface area contributed by atoms with Crippen LogP contribution in [-0.4, -0.2) is 76.9 Å². The van der Waals surface area contributed by atoms with Gasteiger partial charge in [0.2, 0.25) is 0 Å². The summed E-state index contributed by atoms with van der Waals surface area (Å²) in [6.07, 6.45) is 2.81. The van der Waals surface area contributed by atoms with Crippen LogP contribution >= 0.6 is 19.1 Å². The number of ether oxygens (including phenoxy) is 2. The van der Waals surface area contributed by atoms with Crippen LogP contribution in [0.3, 0.4) is 0 Å². The second-order valence-electron chi connectivity index (χ2n) is 7.07. The monoisotopic (exact) mass is 404 g/mol. The lowest BCUT2D eigenvalue weighted by atomic mass is 10.1. The van der Waals surface area contributed by atoms with Gasteiger partial charge in [-0.1, -0.05) is 0 Å². The maximum Gasteiger partial charge on any atom is 0.310 e. The first kappa shape index (κ1) is 21.1. The molecule has 0 aliphatic carbocycles. The number of carbonyl (C=O) groups excluding carboxylic acids is 1. The highest BCUT2D eigenvalue weighted by atomic mass is 32.1. The van der Waals surface area contributed by atoms with E-state index in [1.54, 1.807) is 0 Å². The molecule has 2 heterocycles. The molecule has 0 bridgehead atoms. The van der Waals surface area contributed by atoms with Gasteiger partial charge >= 0.3 is 5.97 Å². The molecule has 1 aliphatic heterocycles. The van der Waals surface area contributed by atoms with Gasteiger partial charge in [0.05, 0.1) is 19.6 Å². The van der Waals surface area contributed by atoms with E-state index >= 15 is 0 Å². The van der Waals surface area contributed by atoms with Crippen LogP contribution in [0.5, 0.6) is 0 Å². The minimum atomic E-state index is -1.30. The molecule has 3 N–H and O–H groups in total. The van der Waals surface area contributed by atoms with Crippen LogP contribution in [0, 0.1) is 4.77 Å². The first-order valence-corrected chi connectivity index (χ1v) is 11.6. The molecular weight excluding hydrogens is 379 g/mol. The van der Waals surface area contributed by atoms with Gasteiger partial charge in [-0.05, 0) is 38.1 Å². The van der Waals surface area contributed by atoms with Crippen molar-refractivity contribution in [2.75, 3.05) is 26.6 Å². The van der Waals surface area contributed by atoms with Crippen molar-refractivity contribution in [3.05, 3.63) is 26.9 Å². The summed E-state index contributed by atoms with van der Waals surface area (Å²) in [6.45, 7) is 2.87. The van der Waals surface area contributed by atoms with Gasteiger partial charge in [0.15, 0.2) is 11.0 Å². The van der Waals surface area contributed by atoms with E-state index in [9.17, 15) is 19.8 Å². The van der Waals surface area contributed by atoms with E-state index in [1.807, 2.05) is 0 Å². The van der Waals surface area contributed by atoms with Crippen LogP contribution in [0.2, 0.25) is 0 Å². The fourth-order valence-corrected chi connectivity index (χ4v) is 3.95. The molecule has 0 saturated carbocycles. The lowest BCUT2D eigenvalue weighted by Gasteiger charge is -2.19. The van der Waals surface area contributed by atoms with Crippen molar-refractivity contribution in [3.63, 3.8) is 0 Å². The molecule has 0 spiro atoms. The lowest BCUT2D eigenvalue weighted by molar-refractivity contribution is -0.139. The minimum absolute atomic E-state index is 0.0329. The molecule has 1 fully saturated rings. The number of methoxy groups -OCH3 is 1. The molecule has 4 atom stereocenters. The molecule has 8 nitrogen and oxygen atoms in total. The molecule has 1 unspecified atom stereocenters. The topological polar surface area (TPSA) is 114 Å². The van der Waals surface area contributed by atoms with Gasteiger partial charge in [-0.3, -0.25) is 19.1 Å². The number of H-pyrrole nitrogens is 1. The number of aliphatic hydroxyl groups is 2. The van der Waals surface area contributed by atoms with E-state index in [0.717, 1.165) is 6.16 Å². The third-order valence-electron chi connectivity index (χ3n) is 4.23. The third-order valence-corrected chi connectivity index (χ3v) is 6.02. The molecule has 1 aromatic rings. The summed E-state index contributed by atoms with van der Waals surface area (Å²) in [4.78, 5) is 25.9. The summed E-state index contributed by atoms with van der Waals surface area (Å²) in [5.74, 6) is -0.577. The van der Waals surface area contributed by atoms with Crippen LogP contribution in [0.4, 0.5) is 0 Å². The summed E-state index contributed by atoms with van der Waals surface area (Å²) in [7, 11) is 1.23. The number of hydrogen-bond acceptors (Lipinski definition) is 7. The number of esters is 1. The van der Waals surface area contributed by atoms with E-state index in [1.165, 1.54) is 17.9 Å². The fraction of sp³-hybridized carbons (Fsp3) is 0.625. The number of carbonyl (C=O) groups is 1. The van der Waals surface area contributed by atoms with Crippen LogP contribution in [-0.2, 0) is 20.7 Å². The van der Waals surface area contributed by atoms with Crippen molar-refractivity contribution in [1.29, 1.82) is 0 Å². The largest absolute Gasteiger partial charge is 0.469 e. The molecule has 1 aliphatic rings. The van der Waals surface area contributed by atoms with Gasteiger partial charge in [0.25, 0.3) is 5.56 Å². The number of aromatic amines is 1. The van der Waals surface area contributed by atoms with E-state index in [0.29, 0.717) is 6.42 Å². The van der Waals surface area contributed by atoms with E-state index < -0.39 is 43.0 Å². The lowest BCUT2D eigenvalue weighted by Crippen LogP contribution is -2.33. The number of aromatic nitrogens is 2. The van der Waals surface area contributed by atoms with Gasteiger partial charge < -0.3 is 19.7 Å². The number of aliphatic hydroxyl groups excluding tert-OH is 2. The summed E-state index contributed by atoms with van der Waals surface area (Å²) < 4.78 is 11.8. The Kier molecular flexibility index (Phi) is 6.63. The summed E-state index contributed by atoms with van der Waals surface area (Å²) in [6, 6.07) is 0. The molecule has 0 aromatic carbocycles. The highest BCUT2D eigenvalue weighted by Crippen LogP contribution is 2.39. The Morgan fingerprint density at radius 2 is 2.12 bits per heavy atom. The zero-order chi connectivity index (χ0) is 19.6. The van der Waals surface area contributed by atoms with Crippen LogP contribution in [0.1, 0.15) is 18.2 Å². The average Bonchev–Trinajstić information content (AvgIpc) is 2.82. The Balaban J connectivity index is 2.28. The zero-order valence-corrected chi connectivity index (χ0v) is 16.8. The molecule has 0 radical (unpaired) electrons. The first-order valence-electron chi connectivity index (χ1n) is 8.13. The minimum Gasteiger partial charge on any atom is -0.469 e. The van der Waals surface area contributed by atoms with Crippen molar-refractivity contribution >= 4 is 31.4 Å². The Bertz CT molecular complexity index is 829. The van der Waals surface area contributed by atoms with Crippen molar-refractivity contribution in [2.24, 2.45) is 0 Å². The zero-order valence-electron chi connectivity index (χ0n) is 15.0. The second-order valence-corrected chi connectivity index (χ2v) is 11.8. The molecule has 0 amide bonds. The predicted molar refractivity (Wildman–Crippen MR) is 103 cm³/mol. The van der Waals surface area contributed by atoms with Crippen LogP contribution < -0.4 is 5.56 Å². The number of rotatable bonds is 6. The Morgan fingerprint density at radius 1 is 1.46 bits per heavy atom. The quantitative estimate of drug-likeness (QED) is 0.356. The highest BCUT2D eigenvalue weighted by molar-refractivity contribution is 7.72. The van der Waals surface area contributed by atoms with E-state index in [4.69, 9.17) is 17.0 Å². The maximum absolute atomic E-state index is 12.0. The number of hydrogen-bond donors (Lipinski definition) is 3. The number of nitrogens with one attached hydrogen (secondary N) is 1. The summed E-state index contributed by atoms with van der Waals surface area (Å²) in [5, 5.41) is 20.7. The maximum atomic E-state index is 12.0. The van der Waals surface area contributed by atoms with E-state index in [2.05, 4.69) is 29.3 Å². The van der Waals surface area contributed by atoms with Crippen molar-refractivity contribution in [3.8, 4) is 0 Å². The predicted octanol–water partition coefficient (Wildman–Crippen LogP) is 0.340. The SMILES string of the molecule is C=P(C)(C)CC[C@H]1OC(n2cc(CC(=O)OC)c(=O)[nH]c2=S)[C@H](O)[C@@H]1O. The standard InChI is InChI=1S/C16H25N2O6PS/c1-23-11(19)7-9-8-18(16(26)17-14(9)22)15-13(21)12(20)10(24-15)5-6-25(2,3)4/h8,10,12-13,15,20-21H,2,5-7H2,1,3-4H3,(H,17,22,26)/t10-,12-,13-,15?/m1/s1. The second kappa shape index (κ2) is 8.19. The Morgan fingerprint density at radius 3 is 2.69 bits per heavy atom. The number of nitrogens with zero attached hydrogens (tertiary/aromatic N) is 1. The molecular formula is C16H25N2O6PS.